The van der Waals surface area contributed by atoms with Crippen molar-refractivity contribution in [3.05, 3.63) is 89.7 Å². The highest BCUT2D eigenvalue weighted by Crippen LogP contribution is 2.40. The van der Waals surface area contributed by atoms with E-state index in [4.69, 9.17) is 0 Å². The maximum absolute atomic E-state index is 13.2. The number of carbonyl (C=O) groups is 1. The molecule has 1 fully saturated rings. The van der Waals surface area contributed by atoms with E-state index in [2.05, 4.69) is 75.6 Å². The van der Waals surface area contributed by atoms with Crippen LogP contribution in [0.25, 0.3) is 0 Å². The number of hydrogen-bond donors (Lipinski definition) is 2. The normalized spacial score (nSPS) is 21.2. The van der Waals surface area contributed by atoms with Gasteiger partial charge >= 0.3 is 6.03 Å². The molecule has 5 nitrogen and oxygen atoms in total. The summed E-state index contributed by atoms with van der Waals surface area (Å²) in [6.45, 7) is 4.22. The highest BCUT2D eigenvalue weighted by Gasteiger charge is 2.39. The van der Waals surface area contributed by atoms with E-state index in [-0.39, 0.29) is 18.1 Å². The molecule has 0 aliphatic carbocycles. The van der Waals surface area contributed by atoms with Crippen LogP contribution in [0.15, 0.2) is 72.9 Å². The molecule has 2 aliphatic heterocycles. The minimum absolute atomic E-state index is 0.0124. The van der Waals surface area contributed by atoms with E-state index in [1.54, 1.807) is 0 Å². The number of aromatic nitrogens is 1. The number of urea groups is 1. The number of aromatic amines is 1. The van der Waals surface area contributed by atoms with Gasteiger partial charge in [0.15, 0.2) is 0 Å². The molecule has 1 aromatic heterocycles. The van der Waals surface area contributed by atoms with Crippen LogP contribution in [0.4, 0.5) is 10.5 Å². The quantitative estimate of drug-likeness (QED) is 0.634. The molecule has 2 amide bonds. The van der Waals surface area contributed by atoms with Crippen molar-refractivity contribution in [2.45, 2.75) is 37.9 Å². The molecule has 2 N–H and O–H groups in total. The third kappa shape index (κ3) is 3.39. The molecule has 2 aliphatic rings. The number of nitrogens with one attached hydrogen (secondary N) is 2. The van der Waals surface area contributed by atoms with Crippen molar-refractivity contribution >= 4 is 11.7 Å². The molecule has 2 unspecified atom stereocenters. The molecule has 30 heavy (non-hydrogen) atoms. The Labute approximate surface area is 177 Å². The summed E-state index contributed by atoms with van der Waals surface area (Å²) in [4.78, 5) is 21.2. The van der Waals surface area contributed by atoms with Crippen LogP contribution < -0.4 is 5.32 Å². The van der Waals surface area contributed by atoms with Gasteiger partial charge in [0, 0.05) is 48.3 Å². The van der Waals surface area contributed by atoms with Crippen LogP contribution in [0.5, 0.6) is 0 Å². The summed E-state index contributed by atoms with van der Waals surface area (Å²) >= 11 is 0. The maximum Gasteiger partial charge on any atom is 0.322 e. The number of para-hydroxylation sites is 1. The predicted molar refractivity (Wildman–Crippen MR) is 119 cm³/mol. The Morgan fingerprint density at radius 2 is 1.67 bits per heavy atom. The first kappa shape index (κ1) is 18.9. The van der Waals surface area contributed by atoms with Crippen molar-refractivity contribution in [2.75, 3.05) is 18.4 Å². The van der Waals surface area contributed by atoms with Crippen LogP contribution in [0.3, 0.4) is 0 Å². The summed E-state index contributed by atoms with van der Waals surface area (Å²) in [5, 5.41) is 3.13. The molecule has 154 valence electrons. The van der Waals surface area contributed by atoms with E-state index in [0.717, 1.165) is 31.6 Å². The highest BCUT2D eigenvalue weighted by molar-refractivity contribution is 5.93. The number of amides is 2. The van der Waals surface area contributed by atoms with Crippen LogP contribution >= 0.6 is 0 Å². The van der Waals surface area contributed by atoms with Crippen molar-refractivity contribution in [1.29, 1.82) is 0 Å². The van der Waals surface area contributed by atoms with E-state index in [9.17, 15) is 4.79 Å². The zero-order valence-electron chi connectivity index (χ0n) is 17.3. The van der Waals surface area contributed by atoms with Gasteiger partial charge in [-0.3, -0.25) is 4.90 Å². The lowest BCUT2D eigenvalue weighted by Gasteiger charge is -2.46. The molecular formula is C25H28N4O. The number of likely N-dealkylation sites (tertiary alicyclic amines) is 1. The molecular weight excluding hydrogens is 372 g/mol. The summed E-state index contributed by atoms with van der Waals surface area (Å²) in [6.07, 6.45) is 3.94. The summed E-state index contributed by atoms with van der Waals surface area (Å²) < 4.78 is 0. The Balaban J connectivity index is 1.41. The Bertz CT molecular complexity index is 993. The topological polar surface area (TPSA) is 51.4 Å². The molecule has 5 rings (SSSR count). The maximum atomic E-state index is 13.2. The van der Waals surface area contributed by atoms with Gasteiger partial charge in [0.1, 0.15) is 0 Å². The molecule has 0 saturated carbocycles. The molecule has 3 aromatic rings. The lowest BCUT2D eigenvalue weighted by Crippen LogP contribution is -2.52. The number of fused-ring (bicyclic) bond motifs is 1. The van der Waals surface area contributed by atoms with Crippen molar-refractivity contribution in [2.24, 2.45) is 0 Å². The van der Waals surface area contributed by atoms with Crippen molar-refractivity contribution in [1.82, 2.24) is 14.8 Å². The lowest BCUT2D eigenvalue weighted by molar-refractivity contribution is 0.0898. The van der Waals surface area contributed by atoms with Gasteiger partial charge in [0.05, 0.1) is 6.04 Å². The first-order valence-electron chi connectivity index (χ1n) is 10.8. The third-order valence-corrected chi connectivity index (χ3v) is 6.64. The second kappa shape index (κ2) is 8.00. The van der Waals surface area contributed by atoms with Gasteiger partial charge in [-0.2, -0.15) is 0 Å². The molecule has 0 spiro atoms. The molecule has 3 heterocycles. The first-order valence-corrected chi connectivity index (χ1v) is 10.8. The van der Waals surface area contributed by atoms with E-state index in [1.807, 2.05) is 24.4 Å². The molecule has 0 bridgehead atoms. The van der Waals surface area contributed by atoms with Gasteiger partial charge in [-0.15, -0.1) is 0 Å². The van der Waals surface area contributed by atoms with Gasteiger partial charge in [0.2, 0.25) is 0 Å². The fraction of sp³-hybridized carbons (Fsp3) is 0.320. The third-order valence-electron chi connectivity index (χ3n) is 6.64. The van der Waals surface area contributed by atoms with Gasteiger partial charge in [-0.1, -0.05) is 48.5 Å². The number of H-pyrrole nitrogens is 1. The van der Waals surface area contributed by atoms with Crippen molar-refractivity contribution in [3.63, 3.8) is 0 Å². The minimum Gasteiger partial charge on any atom is -0.364 e. The zero-order valence-corrected chi connectivity index (χ0v) is 17.3. The molecule has 0 radical (unpaired) electrons. The second-order valence-electron chi connectivity index (χ2n) is 8.31. The van der Waals surface area contributed by atoms with Crippen LogP contribution in [-0.4, -0.2) is 39.9 Å². The lowest BCUT2D eigenvalue weighted by atomic mass is 9.90. The Morgan fingerprint density at radius 1 is 0.933 bits per heavy atom. The zero-order chi connectivity index (χ0) is 20.5. The summed E-state index contributed by atoms with van der Waals surface area (Å²) in [6, 6.07) is 23.4. The van der Waals surface area contributed by atoms with E-state index in [1.165, 1.54) is 16.8 Å². The predicted octanol–water partition coefficient (Wildman–Crippen LogP) is 5.18. The number of hydrogen-bond acceptors (Lipinski definition) is 2. The standard InChI is InChI=1S/C25H28N4O/c1-18(22-12-7-15-26-22)28-16-13-20(14-17-28)29-24(19-8-3-2-4-9-19)21-10-5-6-11-23(21)27-25(29)30/h2-12,15,18,20,24,26H,13-14,16-17H2,1H3,(H,27,30). The molecule has 5 heteroatoms. The molecule has 1 saturated heterocycles. The number of anilines is 1. The Hall–Kier alpha value is -3.05. The molecule has 2 aromatic carbocycles. The van der Waals surface area contributed by atoms with Crippen molar-refractivity contribution in [3.8, 4) is 0 Å². The Kier molecular flexibility index (Phi) is 5.05. The highest BCUT2D eigenvalue weighted by atomic mass is 16.2. The largest absolute Gasteiger partial charge is 0.364 e. The summed E-state index contributed by atoms with van der Waals surface area (Å²) in [5.74, 6) is 0. The van der Waals surface area contributed by atoms with E-state index >= 15 is 0 Å². The number of piperidine rings is 1. The Morgan fingerprint density at radius 3 is 2.40 bits per heavy atom. The van der Waals surface area contributed by atoms with Gasteiger partial charge in [-0.25, -0.2) is 4.79 Å². The molecule has 2 atom stereocenters. The second-order valence-corrected chi connectivity index (χ2v) is 8.31. The van der Waals surface area contributed by atoms with E-state index in [0.29, 0.717) is 6.04 Å². The van der Waals surface area contributed by atoms with Gasteiger partial charge in [-0.05, 0) is 43.5 Å². The first-order chi connectivity index (χ1) is 14.7. The number of carbonyl (C=O) groups excluding carboxylic acids is 1. The van der Waals surface area contributed by atoms with Crippen LogP contribution in [-0.2, 0) is 0 Å². The number of benzene rings is 2. The fourth-order valence-electron chi connectivity index (χ4n) is 5.00. The van der Waals surface area contributed by atoms with Gasteiger partial charge in [0.25, 0.3) is 0 Å². The fourth-order valence-corrected chi connectivity index (χ4v) is 5.00. The van der Waals surface area contributed by atoms with Crippen LogP contribution in [0, 0.1) is 0 Å². The van der Waals surface area contributed by atoms with Crippen molar-refractivity contribution < 1.29 is 4.79 Å². The van der Waals surface area contributed by atoms with E-state index < -0.39 is 0 Å². The smallest absolute Gasteiger partial charge is 0.322 e. The number of nitrogens with zero attached hydrogens (tertiary/aromatic N) is 2. The van der Waals surface area contributed by atoms with Gasteiger partial charge < -0.3 is 15.2 Å². The SMILES string of the molecule is CC(c1ccc[nH]1)N1CCC(N2C(=O)Nc3ccccc3C2c2ccccc2)CC1. The monoisotopic (exact) mass is 400 g/mol. The summed E-state index contributed by atoms with van der Waals surface area (Å²) in [5.41, 5.74) is 4.51. The number of rotatable bonds is 4. The average molecular weight is 401 g/mol. The van der Waals surface area contributed by atoms with Crippen LogP contribution in [0.2, 0.25) is 0 Å². The average Bonchev–Trinajstić information content (AvgIpc) is 3.33. The minimum atomic E-state index is -0.0477. The van der Waals surface area contributed by atoms with Crippen LogP contribution in [0.1, 0.15) is 48.7 Å². The summed E-state index contributed by atoms with van der Waals surface area (Å²) in [7, 11) is 0.